The molecule has 1 aliphatic rings. The third-order valence-corrected chi connectivity index (χ3v) is 3.96. The van der Waals surface area contributed by atoms with Crippen molar-refractivity contribution in [2.24, 2.45) is 0 Å². The van der Waals surface area contributed by atoms with Crippen molar-refractivity contribution >= 4 is 29.3 Å². The summed E-state index contributed by atoms with van der Waals surface area (Å²) in [7, 11) is 0. The second-order valence-electron chi connectivity index (χ2n) is 3.85. The van der Waals surface area contributed by atoms with Crippen LogP contribution in [0, 0.1) is 0 Å². The number of rotatable bonds is 3. The number of thioether (sulfide) groups is 1. The van der Waals surface area contributed by atoms with Gasteiger partial charge in [-0.3, -0.25) is 4.79 Å². The molecular formula is C10H18ClNOS. The van der Waals surface area contributed by atoms with Crippen molar-refractivity contribution < 1.29 is 4.79 Å². The van der Waals surface area contributed by atoms with Crippen LogP contribution in [0.2, 0.25) is 0 Å². The number of halogens is 1. The first-order valence-electron chi connectivity index (χ1n) is 5.10. The highest BCUT2D eigenvalue weighted by Crippen LogP contribution is 2.26. The van der Waals surface area contributed by atoms with Gasteiger partial charge < -0.3 is 5.32 Å². The predicted molar refractivity (Wildman–Crippen MR) is 63.0 cm³/mol. The van der Waals surface area contributed by atoms with E-state index in [4.69, 9.17) is 11.6 Å². The molecule has 0 aromatic heterocycles. The first-order valence-corrected chi connectivity index (χ1v) is 6.83. The van der Waals surface area contributed by atoms with Gasteiger partial charge in [0.15, 0.2) is 0 Å². The Morgan fingerprint density at radius 3 is 2.86 bits per heavy atom. The molecule has 1 N–H and O–H groups in total. The molecule has 0 heterocycles. The van der Waals surface area contributed by atoms with Crippen LogP contribution < -0.4 is 5.32 Å². The average molecular weight is 236 g/mol. The number of nitrogens with one attached hydrogen (secondary N) is 1. The van der Waals surface area contributed by atoms with Gasteiger partial charge in [0, 0.05) is 11.3 Å². The Morgan fingerprint density at radius 2 is 2.29 bits per heavy atom. The molecule has 0 bridgehead atoms. The van der Waals surface area contributed by atoms with Crippen molar-refractivity contribution in [1.82, 2.24) is 5.32 Å². The molecule has 2 nitrogen and oxygen atoms in total. The first-order chi connectivity index (χ1) is 6.63. The van der Waals surface area contributed by atoms with Crippen LogP contribution >= 0.6 is 23.4 Å². The van der Waals surface area contributed by atoms with Crippen LogP contribution in [0.1, 0.15) is 32.6 Å². The monoisotopic (exact) mass is 235 g/mol. The lowest BCUT2D eigenvalue weighted by molar-refractivity contribution is -0.121. The molecule has 1 amide bonds. The quantitative estimate of drug-likeness (QED) is 0.762. The van der Waals surface area contributed by atoms with Gasteiger partial charge in [0.1, 0.15) is 5.38 Å². The Bertz CT molecular complexity index is 199. The van der Waals surface area contributed by atoms with Crippen molar-refractivity contribution in [3.8, 4) is 0 Å². The highest BCUT2D eigenvalue weighted by atomic mass is 35.5. The lowest BCUT2D eigenvalue weighted by Crippen LogP contribution is -2.41. The van der Waals surface area contributed by atoms with E-state index >= 15 is 0 Å². The fraction of sp³-hybridized carbons (Fsp3) is 0.900. The highest BCUT2D eigenvalue weighted by molar-refractivity contribution is 7.99. The van der Waals surface area contributed by atoms with Gasteiger partial charge in [-0.2, -0.15) is 11.8 Å². The minimum absolute atomic E-state index is 0.0292. The maximum atomic E-state index is 11.4. The molecule has 3 unspecified atom stereocenters. The van der Waals surface area contributed by atoms with Crippen molar-refractivity contribution in [2.75, 3.05) is 6.26 Å². The van der Waals surface area contributed by atoms with Gasteiger partial charge in [0.2, 0.25) is 5.91 Å². The largest absolute Gasteiger partial charge is 0.352 e. The van der Waals surface area contributed by atoms with E-state index in [0.29, 0.717) is 11.3 Å². The van der Waals surface area contributed by atoms with Crippen molar-refractivity contribution in [3.05, 3.63) is 0 Å². The molecule has 1 aliphatic carbocycles. The van der Waals surface area contributed by atoms with E-state index in [1.165, 1.54) is 12.8 Å². The Labute approximate surface area is 95.2 Å². The van der Waals surface area contributed by atoms with Crippen molar-refractivity contribution in [2.45, 2.75) is 49.3 Å². The van der Waals surface area contributed by atoms with Gasteiger partial charge in [0.25, 0.3) is 0 Å². The minimum Gasteiger partial charge on any atom is -0.352 e. The molecule has 4 heteroatoms. The summed E-state index contributed by atoms with van der Waals surface area (Å²) in [5.41, 5.74) is 0. The summed E-state index contributed by atoms with van der Waals surface area (Å²) in [6.45, 7) is 1.71. The topological polar surface area (TPSA) is 29.1 Å². The molecule has 3 atom stereocenters. The van der Waals surface area contributed by atoms with Gasteiger partial charge in [0.05, 0.1) is 0 Å². The first kappa shape index (κ1) is 12.2. The van der Waals surface area contributed by atoms with E-state index in [1.807, 2.05) is 11.8 Å². The number of hydrogen-bond donors (Lipinski definition) is 1. The SMILES string of the molecule is CSC1CCCC(NC(=O)C(C)Cl)C1. The lowest BCUT2D eigenvalue weighted by Gasteiger charge is -2.28. The van der Waals surface area contributed by atoms with Crippen molar-refractivity contribution in [3.63, 3.8) is 0 Å². The molecule has 0 aromatic carbocycles. The highest BCUT2D eigenvalue weighted by Gasteiger charge is 2.23. The average Bonchev–Trinajstić information content (AvgIpc) is 2.18. The summed E-state index contributed by atoms with van der Waals surface area (Å²) in [4.78, 5) is 11.4. The Morgan fingerprint density at radius 1 is 1.57 bits per heavy atom. The molecular weight excluding hydrogens is 218 g/mol. The maximum absolute atomic E-state index is 11.4. The number of amides is 1. The Kier molecular flexibility index (Phi) is 5.10. The van der Waals surface area contributed by atoms with Gasteiger partial charge in [-0.1, -0.05) is 6.42 Å². The van der Waals surface area contributed by atoms with Gasteiger partial charge in [-0.15, -0.1) is 11.6 Å². The zero-order valence-electron chi connectivity index (χ0n) is 8.75. The molecule has 1 rings (SSSR count). The third-order valence-electron chi connectivity index (χ3n) is 2.67. The smallest absolute Gasteiger partial charge is 0.237 e. The van der Waals surface area contributed by atoms with E-state index in [-0.39, 0.29) is 5.91 Å². The summed E-state index contributed by atoms with van der Waals surface area (Å²) in [6.07, 6.45) is 6.83. The standard InChI is InChI=1S/C10H18ClNOS/c1-7(11)10(13)12-8-4-3-5-9(6-8)14-2/h7-9H,3-6H2,1-2H3,(H,12,13). The molecule has 0 radical (unpaired) electrons. The molecule has 82 valence electrons. The van der Waals surface area contributed by atoms with Gasteiger partial charge >= 0.3 is 0 Å². The zero-order valence-corrected chi connectivity index (χ0v) is 10.3. The Hall–Kier alpha value is 0.110. The van der Waals surface area contributed by atoms with Gasteiger partial charge in [-0.05, 0) is 32.4 Å². The van der Waals surface area contributed by atoms with E-state index in [2.05, 4.69) is 11.6 Å². The molecule has 0 spiro atoms. The number of carbonyl (C=O) groups is 1. The van der Waals surface area contributed by atoms with E-state index in [9.17, 15) is 4.79 Å². The lowest BCUT2D eigenvalue weighted by atomic mass is 9.95. The normalized spacial score (nSPS) is 29.6. The maximum Gasteiger partial charge on any atom is 0.237 e. The fourth-order valence-corrected chi connectivity index (χ4v) is 2.70. The predicted octanol–water partition coefficient (Wildman–Crippen LogP) is 2.40. The molecule has 1 fully saturated rings. The zero-order chi connectivity index (χ0) is 10.6. The summed E-state index contributed by atoms with van der Waals surface area (Å²) < 4.78 is 0. The summed E-state index contributed by atoms with van der Waals surface area (Å²) in [5, 5.41) is 3.29. The van der Waals surface area contributed by atoms with E-state index < -0.39 is 5.38 Å². The van der Waals surface area contributed by atoms with Crippen molar-refractivity contribution in [1.29, 1.82) is 0 Å². The van der Waals surface area contributed by atoms with Crippen LogP contribution in [0.3, 0.4) is 0 Å². The van der Waals surface area contributed by atoms with Crippen LogP contribution in [0.5, 0.6) is 0 Å². The molecule has 0 aromatic rings. The number of carbonyl (C=O) groups excluding carboxylic acids is 1. The van der Waals surface area contributed by atoms with E-state index in [0.717, 1.165) is 12.8 Å². The second kappa shape index (κ2) is 5.86. The second-order valence-corrected chi connectivity index (χ2v) is 5.64. The Balaban J connectivity index is 2.34. The minimum atomic E-state index is -0.412. The molecule has 14 heavy (non-hydrogen) atoms. The van der Waals surface area contributed by atoms with Crippen LogP contribution in [-0.2, 0) is 4.79 Å². The summed E-state index contributed by atoms with van der Waals surface area (Å²) in [5.74, 6) is -0.0292. The third kappa shape index (κ3) is 3.70. The van der Waals surface area contributed by atoms with Crippen LogP contribution in [-0.4, -0.2) is 28.8 Å². The van der Waals surface area contributed by atoms with Crippen LogP contribution in [0.15, 0.2) is 0 Å². The molecule has 0 aliphatic heterocycles. The van der Waals surface area contributed by atoms with Crippen LogP contribution in [0.4, 0.5) is 0 Å². The van der Waals surface area contributed by atoms with Crippen LogP contribution in [0.25, 0.3) is 0 Å². The summed E-state index contributed by atoms with van der Waals surface area (Å²) >= 11 is 7.60. The summed E-state index contributed by atoms with van der Waals surface area (Å²) in [6, 6.07) is 0.342. The number of hydrogen-bond acceptors (Lipinski definition) is 2. The number of alkyl halides is 1. The molecule has 1 saturated carbocycles. The fourth-order valence-electron chi connectivity index (χ4n) is 1.81. The van der Waals surface area contributed by atoms with Gasteiger partial charge in [-0.25, -0.2) is 0 Å². The van der Waals surface area contributed by atoms with E-state index in [1.54, 1.807) is 6.92 Å². The molecule has 0 saturated heterocycles.